The molecular formula is C24H27FN8O2. The van der Waals surface area contributed by atoms with Crippen LogP contribution in [0, 0.1) is 12.7 Å². The smallest absolute Gasteiger partial charge is 0.349 e. The molecule has 3 aromatic rings. The van der Waals surface area contributed by atoms with E-state index in [-0.39, 0.29) is 17.0 Å². The largest absolute Gasteiger partial charge is 0.368 e. The molecule has 0 aliphatic carbocycles. The molecule has 182 valence electrons. The van der Waals surface area contributed by atoms with Crippen LogP contribution < -0.4 is 21.2 Å². The highest BCUT2D eigenvalue weighted by molar-refractivity contribution is 6.06. The van der Waals surface area contributed by atoms with Gasteiger partial charge in [-0.15, -0.1) is 0 Å². The Morgan fingerprint density at radius 2 is 2.03 bits per heavy atom. The van der Waals surface area contributed by atoms with Crippen LogP contribution in [0.25, 0.3) is 10.9 Å². The normalized spacial score (nSPS) is 16.6. The molecule has 1 amide bonds. The third-order valence-corrected chi connectivity index (χ3v) is 6.30. The van der Waals surface area contributed by atoms with E-state index in [1.165, 1.54) is 17.0 Å². The van der Waals surface area contributed by atoms with Crippen LogP contribution in [0.15, 0.2) is 28.0 Å². The Balaban J connectivity index is 1.44. The van der Waals surface area contributed by atoms with Crippen LogP contribution in [0.1, 0.15) is 31.4 Å². The average molecular weight is 481 g/mol. The second-order valence-corrected chi connectivity index (χ2v) is 8.34. The number of nitrogens with one attached hydrogen (secondary N) is 2. The maximum Gasteiger partial charge on any atom is 0.349 e. The van der Waals surface area contributed by atoms with Gasteiger partial charge in [0.25, 0.3) is 5.91 Å². The number of aryl methyl sites for hydroxylation is 1. The highest BCUT2D eigenvalue weighted by atomic mass is 19.1. The molecule has 2 aliphatic heterocycles. The number of amides is 1. The molecule has 2 aromatic heterocycles. The lowest BCUT2D eigenvalue weighted by molar-refractivity contribution is 0.0958. The lowest BCUT2D eigenvalue weighted by Gasteiger charge is -2.36. The number of pyridine rings is 1. The second-order valence-electron chi connectivity index (χ2n) is 8.34. The number of hydrogen-bond donors (Lipinski definition) is 2. The van der Waals surface area contributed by atoms with Crippen molar-refractivity contribution in [3.8, 4) is 0 Å². The first kappa shape index (κ1) is 20.5. The first-order chi connectivity index (χ1) is 17.7. The van der Waals surface area contributed by atoms with E-state index < -0.39 is 18.0 Å². The van der Waals surface area contributed by atoms with E-state index in [4.69, 9.17) is 2.74 Å². The third kappa shape index (κ3) is 4.01. The summed E-state index contributed by atoms with van der Waals surface area (Å²) in [5.74, 6) is -0.825. The van der Waals surface area contributed by atoms with Crippen molar-refractivity contribution in [2.45, 2.75) is 26.9 Å². The average Bonchev–Trinajstić information content (AvgIpc) is 2.90. The minimum absolute atomic E-state index is 0.189. The van der Waals surface area contributed by atoms with Gasteiger partial charge in [0.1, 0.15) is 17.0 Å². The molecule has 2 N–H and O–H groups in total. The van der Waals surface area contributed by atoms with Gasteiger partial charge in [-0.25, -0.2) is 19.2 Å². The Hall–Kier alpha value is -3.86. The lowest BCUT2D eigenvalue weighted by Crippen LogP contribution is -2.46. The molecule has 0 saturated carbocycles. The standard InChI is InChI=1S/C24H27FN8O2/c1-4-33-22-19-17(27-13-28-22)11-15(20(25)21(19)30-24(33)35)12-31-7-9-32(10-8-31)18-6-5-16(23(34)26-3)29-14(18)2/h5-6,11,13H,4,7-10,12H2,1-3H3,(H,26,34)(H,27,28)/i12D2. The van der Waals surface area contributed by atoms with E-state index in [1.54, 1.807) is 24.9 Å². The molecule has 5 rings (SSSR count). The topological polar surface area (TPSA) is 108 Å². The number of aliphatic imine (C=N–C) groups is 1. The minimum Gasteiger partial charge on any atom is -0.368 e. The summed E-state index contributed by atoms with van der Waals surface area (Å²) >= 11 is 0. The molecule has 0 atom stereocenters. The van der Waals surface area contributed by atoms with Crippen molar-refractivity contribution in [3.05, 3.63) is 51.5 Å². The first-order valence-corrected chi connectivity index (χ1v) is 11.4. The SMILES string of the molecule is [2H]C([2H])(c1cc2c3c(n(CC)c(=O)nc3c1F)N=CN2)N1CCN(c2ccc(C(=O)NC)nc2C)CC1. The third-order valence-electron chi connectivity index (χ3n) is 6.30. The van der Waals surface area contributed by atoms with Gasteiger partial charge >= 0.3 is 5.69 Å². The van der Waals surface area contributed by atoms with Gasteiger partial charge in [-0.05, 0) is 32.0 Å². The number of carbonyl (C=O) groups is 1. The Kier molecular flexibility index (Phi) is 5.31. The van der Waals surface area contributed by atoms with Crippen LogP contribution in [0.2, 0.25) is 0 Å². The Labute approximate surface area is 204 Å². The van der Waals surface area contributed by atoms with Gasteiger partial charge < -0.3 is 15.5 Å². The van der Waals surface area contributed by atoms with Crippen LogP contribution in [-0.2, 0) is 13.0 Å². The number of anilines is 2. The maximum absolute atomic E-state index is 15.8. The molecule has 0 spiro atoms. The quantitative estimate of drug-likeness (QED) is 0.575. The lowest BCUT2D eigenvalue weighted by atomic mass is 10.1. The van der Waals surface area contributed by atoms with Crippen LogP contribution >= 0.6 is 0 Å². The van der Waals surface area contributed by atoms with Gasteiger partial charge in [-0.3, -0.25) is 14.3 Å². The van der Waals surface area contributed by atoms with E-state index in [1.807, 2.05) is 13.0 Å². The van der Waals surface area contributed by atoms with Crippen molar-refractivity contribution in [1.29, 1.82) is 0 Å². The van der Waals surface area contributed by atoms with Gasteiger partial charge in [0, 0.05) is 54.6 Å². The zero-order valence-electron chi connectivity index (χ0n) is 21.7. The molecule has 1 aromatic carbocycles. The van der Waals surface area contributed by atoms with Crippen molar-refractivity contribution in [3.63, 3.8) is 0 Å². The van der Waals surface area contributed by atoms with E-state index in [0.717, 1.165) is 5.69 Å². The second kappa shape index (κ2) is 9.06. The van der Waals surface area contributed by atoms with Crippen LogP contribution in [0.4, 0.5) is 21.6 Å². The zero-order chi connectivity index (χ0) is 26.5. The Bertz CT molecular complexity index is 1500. The van der Waals surface area contributed by atoms with E-state index >= 15 is 4.39 Å². The molecule has 4 heterocycles. The van der Waals surface area contributed by atoms with Crippen molar-refractivity contribution < 1.29 is 11.9 Å². The molecule has 0 unspecified atom stereocenters. The summed E-state index contributed by atoms with van der Waals surface area (Å²) < 4.78 is 34.9. The van der Waals surface area contributed by atoms with E-state index in [2.05, 4.69) is 30.5 Å². The highest BCUT2D eigenvalue weighted by Gasteiger charge is 2.25. The fraction of sp³-hybridized carbons (Fsp3) is 0.375. The number of benzene rings is 1. The summed E-state index contributed by atoms with van der Waals surface area (Å²) in [6.45, 7) is 3.38. The number of carbonyl (C=O) groups excluding carboxylic acids is 1. The molecule has 10 nitrogen and oxygen atoms in total. The number of rotatable bonds is 5. The number of aromatic nitrogens is 3. The fourth-order valence-corrected chi connectivity index (χ4v) is 4.51. The number of hydrogen-bond acceptors (Lipinski definition) is 8. The number of halogens is 1. The van der Waals surface area contributed by atoms with Gasteiger partial charge in [-0.2, -0.15) is 4.98 Å². The summed E-state index contributed by atoms with van der Waals surface area (Å²) in [6.07, 6.45) is 1.41. The molecule has 11 heteroatoms. The van der Waals surface area contributed by atoms with Crippen LogP contribution in [0.5, 0.6) is 0 Å². The van der Waals surface area contributed by atoms with Crippen LogP contribution in [-0.4, -0.2) is 64.9 Å². The molecular weight excluding hydrogens is 451 g/mol. The maximum atomic E-state index is 15.8. The molecule has 1 saturated heterocycles. The van der Waals surface area contributed by atoms with Gasteiger partial charge in [0.15, 0.2) is 5.82 Å². The number of nitrogens with zero attached hydrogens (tertiary/aromatic N) is 6. The molecule has 0 radical (unpaired) electrons. The summed E-state index contributed by atoms with van der Waals surface area (Å²) in [5, 5.41) is 5.86. The van der Waals surface area contributed by atoms with Gasteiger partial charge in [0.05, 0.1) is 28.8 Å². The molecule has 1 fully saturated rings. The summed E-state index contributed by atoms with van der Waals surface area (Å²) in [6, 6.07) is 4.94. The van der Waals surface area contributed by atoms with Crippen molar-refractivity contribution in [2.24, 2.45) is 4.99 Å². The van der Waals surface area contributed by atoms with Crippen molar-refractivity contribution >= 4 is 40.3 Å². The summed E-state index contributed by atoms with van der Waals surface area (Å²) in [5.41, 5.74) is 1.33. The van der Waals surface area contributed by atoms with E-state index in [9.17, 15) is 9.59 Å². The van der Waals surface area contributed by atoms with Gasteiger partial charge in [-0.1, -0.05) is 0 Å². The summed E-state index contributed by atoms with van der Waals surface area (Å²) in [7, 11) is 1.55. The zero-order valence-corrected chi connectivity index (χ0v) is 19.7. The highest BCUT2D eigenvalue weighted by Crippen LogP contribution is 2.36. The van der Waals surface area contributed by atoms with Crippen LogP contribution in [0.3, 0.4) is 0 Å². The van der Waals surface area contributed by atoms with Crippen molar-refractivity contribution in [2.75, 3.05) is 43.4 Å². The minimum atomic E-state index is -2.16. The predicted molar refractivity (Wildman–Crippen MR) is 133 cm³/mol. The molecule has 0 bridgehead atoms. The number of piperazine rings is 1. The fourth-order valence-electron chi connectivity index (χ4n) is 4.51. The Morgan fingerprint density at radius 3 is 2.71 bits per heavy atom. The molecule has 2 aliphatic rings. The summed E-state index contributed by atoms with van der Waals surface area (Å²) in [4.78, 5) is 40.6. The van der Waals surface area contributed by atoms with E-state index in [0.29, 0.717) is 61.0 Å². The first-order valence-electron chi connectivity index (χ1n) is 12.4. The molecule has 35 heavy (non-hydrogen) atoms. The predicted octanol–water partition coefficient (Wildman–Crippen LogP) is 2.03. The Morgan fingerprint density at radius 1 is 1.26 bits per heavy atom. The monoisotopic (exact) mass is 480 g/mol. The van der Waals surface area contributed by atoms with Gasteiger partial charge in [0.2, 0.25) is 0 Å². The van der Waals surface area contributed by atoms with Crippen molar-refractivity contribution in [1.82, 2.24) is 24.8 Å².